The van der Waals surface area contributed by atoms with Gasteiger partial charge in [-0.1, -0.05) is 12.1 Å². The summed E-state index contributed by atoms with van der Waals surface area (Å²) in [6.07, 6.45) is 0.691. The molecule has 2 aromatic rings. The zero-order chi connectivity index (χ0) is 19.3. The third-order valence-corrected chi connectivity index (χ3v) is 4.40. The fourth-order valence-electron chi connectivity index (χ4n) is 2.45. The van der Waals surface area contributed by atoms with Crippen LogP contribution in [0.2, 0.25) is 0 Å². The van der Waals surface area contributed by atoms with Crippen molar-refractivity contribution in [2.24, 2.45) is 0 Å². The molecule has 0 saturated heterocycles. The molecule has 0 aliphatic heterocycles. The second-order valence-corrected chi connectivity index (χ2v) is 6.80. The molecule has 2 aromatic carbocycles. The maximum absolute atomic E-state index is 14.1. The quantitative estimate of drug-likeness (QED) is 0.754. The molecule has 5 heteroatoms. The van der Waals surface area contributed by atoms with Crippen LogP contribution in [-0.2, 0) is 4.74 Å². The normalized spacial score (nSPS) is 11.3. The van der Waals surface area contributed by atoms with Crippen molar-refractivity contribution in [1.82, 2.24) is 5.32 Å². The SMILES string of the molecule is COC(C)(C)CCNC(=O)c1ccc(-c2cc(C(C)=O)ccc2F)cc1. The van der Waals surface area contributed by atoms with Crippen LogP contribution in [0.1, 0.15) is 47.9 Å². The number of amides is 1. The van der Waals surface area contributed by atoms with Crippen LogP contribution < -0.4 is 5.32 Å². The number of carbonyl (C=O) groups is 2. The summed E-state index contributed by atoms with van der Waals surface area (Å²) in [6.45, 7) is 5.85. The van der Waals surface area contributed by atoms with Crippen molar-refractivity contribution in [1.29, 1.82) is 0 Å². The first-order valence-electron chi connectivity index (χ1n) is 8.48. The zero-order valence-corrected chi connectivity index (χ0v) is 15.6. The second kappa shape index (κ2) is 8.23. The minimum atomic E-state index is -0.408. The summed E-state index contributed by atoms with van der Waals surface area (Å²) >= 11 is 0. The molecule has 0 spiro atoms. The fraction of sp³-hybridized carbons (Fsp3) is 0.333. The van der Waals surface area contributed by atoms with Gasteiger partial charge in [-0.05, 0) is 63.1 Å². The first-order valence-corrected chi connectivity index (χ1v) is 8.48. The monoisotopic (exact) mass is 357 g/mol. The van der Waals surface area contributed by atoms with E-state index >= 15 is 0 Å². The summed E-state index contributed by atoms with van der Waals surface area (Å²) in [4.78, 5) is 23.7. The summed E-state index contributed by atoms with van der Waals surface area (Å²) in [7, 11) is 1.64. The number of hydrogen-bond donors (Lipinski definition) is 1. The van der Waals surface area contributed by atoms with Crippen LogP contribution >= 0.6 is 0 Å². The first kappa shape index (κ1) is 19.8. The topological polar surface area (TPSA) is 55.4 Å². The van der Waals surface area contributed by atoms with Gasteiger partial charge in [0, 0.05) is 30.3 Å². The number of methoxy groups -OCH3 is 1. The molecule has 26 heavy (non-hydrogen) atoms. The molecule has 0 aromatic heterocycles. The predicted molar refractivity (Wildman–Crippen MR) is 99.9 cm³/mol. The molecule has 138 valence electrons. The van der Waals surface area contributed by atoms with E-state index in [0.717, 1.165) is 0 Å². The lowest BCUT2D eigenvalue weighted by atomic mass is 9.99. The lowest BCUT2D eigenvalue weighted by molar-refractivity contribution is 0.0160. The number of rotatable bonds is 7. The maximum Gasteiger partial charge on any atom is 0.251 e. The summed E-state index contributed by atoms with van der Waals surface area (Å²) in [6, 6.07) is 10.9. The summed E-state index contributed by atoms with van der Waals surface area (Å²) < 4.78 is 19.4. The Balaban J connectivity index is 2.10. The highest BCUT2D eigenvalue weighted by Gasteiger charge is 2.16. The van der Waals surface area contributed by atoms with Gasteiger partial charge in [0.2, 0.25) is 0 Å². The molecule has 0 heterocycles. The Hall–Kier alpha value is -2.53. The second-order valence-electron chi connectivity index (χ2n) is 6.80. The summed E-state index contributed by atoms with van der Waals surface area (Å²) in [5, 5.41) is 2.85. The number of hydrogen-bond acceptors (Lipinski definition) is 3. The van der Waals surface area contributed by atoms with Crippen LogP contribution in [0.15, 0.2) is 42.5 Å². The van der Waals surface area contributed by atoms with E-state index in [4.69, 9.17) is 4.74 Å². The van der Waals surface area contributed by atoms with Crippen molar-refractivity contribution >= 4 is 11.7 Å². The van der Waals surface area contributed by atoms with Gasteiger partial charge in [-0.3, -0.25) is 9.59 Å². The van der Waals surface area contributed by atoms with Gasteiger partial charge < -0.3 is 10.1 Å². The number of carbonyl (C=O) groups excluding carboxylic acids is 2. The van der Waals surface area contributed by atoms with Crippen LogP contribution in [0.5, 0.6) is 0 Å². The molecule has 0 atom stereocenters. The van der Waals surface area contributed by atoms with E-state index in [0.29, 0.717) is 35.2 Å². The van der Waals surface area contributed by atoms with Gasteiger partial charge in [0.25, 0.3) is 5.91 Å². The van der Waals surface area contributed by atoms with Gasteiger partial charge in [0.1, 0.15) is 5.82 Å². The van der Waals surface area contributed by atoms with Crippen LogP contribution in [0.25, 0.3) is 11.1 Å². The Labute approximate surface area is 153 Å². The molecule has 0 radical (unpaired) electrons. The van der Waals surface area contributed by atoms with Crippen LogP contribution in [-0.4, -0.2) is 30.9 Å². The minimum Gasteiger partial charge on any atom is -0.379 e. The molecule has 0 fully saturated rings. The lowest BCUT2D eigenvalue weighted by Crippen LogP contribution is -2.32. The van der Waals surface area contributed by atoms with Crippen molar-refractivity contribution in [2.75, 3.05) is 13.7 Å². The molecule has 0 aliphatic rings. The molecule has 0 saturated carbocycles. The Morgan fingerprint density at radius 1 is 1.08 bits per heavy atom. The van der Waals surface area contributed by atoms with E-state index in [-0.39, 0.29) is 17.3 Å². The maximum atomic E-state index is 14.1. The highest BCUT2D eigenvalue weighted by molar-refractivity contribution is 5.96. The number of nitrogens with one attached hydrogen (secondary N) is 1. The third kappa shape index (κ3) is 4.99. The van der Waals surface area contributed by atoms with Crippen molar-refractivity contribution < 1.29 is 18.7 Å². The number of Topliss-reactive ketones (excluding diaryl/α,β-unsaturated/α-hetero) is 1. The van der Waals surface area contributed by atoms with Crippen molar-refractivity contribution in [3.8, 4) is 11.1 Å². The van der Waals surface area contributed by atoms with Gasteiger partial charge in [0.05, 0.1) is 5.60 Å². The number of halogens is 1. The average molecular weight is 357 g/mol. The van der Waals surface area contributed by atoms with E-state index in [2.05, 4.69) is 5.32 Å². The van der Waals surface area contributed by atoms with E-state index in [1.807, 2.05) is 13.8 Å². The molecule has 4 nitrogen and oxygen atoms in total. The van der Waals surface area contributed by atoms with Gasteiger partial charge in [-0.2, -0.15) is 0 Å². The van der Waals surface area contributed by atoms with Gasteiger partial charge in [0.15, 0.2) is 5.78 Å². The van der Waals surface area contributed by atoms with Crippen LogP contribution in [0.4, 0.5) is 4.39 Å². The number of benzene rings is 2. The Bertz CT molecular complexity index is 797. The molecule has 1 amide bonds. The van der Waals surface area contributed by atoms with Crippen molar-refractivity contribution in [3.05, 3.63) is 59.4 Å². The van der Waals surface area contributed by atoms with Gasteiger partial charge in [-0.15, -0.1) is 0 Å². The summed E-state index contributed by atoms with van der Waals surface area (Å²) in [5.74, 6) is -0.725. The zero-order valence-electron chi connectivity index (χ0n) is 15.6. The van der Waals surface area contributed by atoms with Crippen LogP contribution in [0, 0.1) is 5.82 Å². The molecular weight excluding hydrogens is 333 g/mol. The fourth-order valence-corrected chi connectivity index (χ4v) is 2.45. The van der Waals surface area contributed by atoms with E-state index < -0.39 is 5.82 Å². The molecule has 0 unspecified atom stereocenters. The highest BCUT2D eigenvalue weighted by Crippen LogP contribution is 2.25. The van der Waals surface area contributed by atoms with E-state index in [9.17, 15) is 14.0 Å². The molecule has 0 bridgehead atoms. The lowest BCUT2D eigenvalue weighted by Gasteiger charge is -2.22. The van der Waals surface area contributed by atoms with Crippen molar-refractivity contribution in [2.45, 2.75) is 32.8 Å². The molecular formula is C21H24FNO3. The van der Waals surface area contributed by atoms with Gasteiger partial charge in [-0.25, -0.2) is 4.39 Å². The molecule has 1 N–H and O–H groups in total. The highest BCUT2D eigenvalue weighted by atomic mass is 19.1. The van der Waals surface area contributed by atoms with Gasteiger partial charge >= 0.3 is 0 Å². The largest absolute Gasteiger partial charge is 0.379 e. The number of ketones is 1. The first-order chi connectivity index (χ1) is 12.2. The standard InChI is InChI=1S/C21H24FNO3/c1-14(24)17-9-10-19(22)18(13-17)15-5-7-16(8-6-15)20(25)23-12-11-21(2,3)26-4/h5-10,13H,11-12H2,1-4H3,(H,23,25). The molecule has 2 rings (SSSR count). The Morgan fingerprint density at radius 3 is 2.27 bits per heavy atom. The van der Waals surface area contributed by atoms with Crippen LogP contribution in [0.3, 0.4) is 0 Å². The van der Waals surface area contributed by atoms with E-state index in [1.54, 1.807) is 31.4 Å². The van der Waals surface area contributed by atoms with Crippen molar-refractivity contribution in [3.63, 3.8) is 0 Å². The van der Waals surface area contributed by atoms with E-state index in [1.165, 1.54) is 25.1 Å². The molecule has 0 aliphatic carbocycles. The smallest absolute Gasteiger partial charge is 0.251 e. The number of ether oxygens (including phenoxy) is 1. The average Bonchev–Trinajstić information content (AvgIpc) is 2.62. The Morgan fingerprint density at radius 2 is 1.69 bits per heavy atom. The summed E-state index contributed by atoms with van der Waals surface area (Å²) in [5.41, 5.74) is 1.60. The third-order valence-electron chi connectivity index (χ3n) is 4.40. The minimum absolute atomic E-state index is 0.124. The predicted octanol–water partition coefficient (Wildman–Crippen LogP) is 4.24. The Kier molecular flexibility index (Phi) is 6.27.